The molecule has 1 fully saturated rings. The fourth-order valence-corrected chi connectivity index (χ4v) is 3.54. The van der Waals surface area contributed by atoms with Gasteiger partial charge in [0.2, 0.25) is 0 Å². The number of nitrogens with one attached hydrogen (secondary N) is 2. The van der Waals surface area contributed by atoms with Crippen LogP contribution in [0.5, 0.6) is 0 Å². The van der Waals surface area contributed by atoms with Crippen LogP contribution in [-0.2, 0) is 4.79 Å². The Kier molecular flexibility index (Phi) is 6.70. The molecule has 1 atom stereocenters. The van der Waals surface area contributed by atoms with Crippen molar-refractivity contribution in [1.82, 2.24) is 15.1 Å². The van der Waals surface area contributed by atoms with Crippen LogP contribution in [0.3, 0.4) is 0 Å². The van der Waals surface area contributed by atoms with Crippen LogP contribution in [0.2, 0.25) is 5.02 Å². The second kappa shape index (κ2) is 9.21. The molecule has 150 valence electrons. The molecule has 0 saturated carbocycles. The minimum Gasteiger partial charge on any atom is -0.358 e. The summed E-state index contributed by atoms with van der Waals surface area (Å²) in [6.07, 6.45) is 2.58. The van der Waals surface area contributed by atoms with E-state index in [9.17, 15) is 9.59 Å². The average Bonchev–Trinajstić information content (AvgIpc) is 2.71. The van der Waals surface area contributed by atoms with Crippen molar-refractivity contribution in [3.05, 3.63) is 51.9 Å². The van der Waals surface area contributed by atoms with Gasteiger partial charge in [0.25, 0.3) is 11.5 Å². The predicted octanol–water partition coefficient (Wildman–Crippen LogP) is 0.506. The molecule has 8 heteroatoms. The van der Waals surface area contributed by atoms with Crippen molar-refractivity contribution in [2.45, 2.75) is 26.3 Å². The lowest BCUT2D eigenvalue weighted by molar-refractivity contribution is -0.892. The first kappa shape index (κ1) is 20.4. The van der Waals surface area contributed by atoms with Gasteiger partial charge in [-0.1, -0.05) is 36.7 Å². The van der Waals surface area contributed by atoms with Crippen molar-refractivity contribution in [3.63, 3.8) is 0 Å². The molecule has 0 radical (unpaired) electrons. The van der Waals surface area contributed by atoms with Crippen LogP contribution < -0.4 is 20.7 Å². The van der Waals surface area contributed by atoms with Crippen LogP contribution in [0.15, 0.2) is 41.3 Å². The highest BCUT2D eigenvalue weighted by atomic mass is 35.5. The van der Waals surface area contributed by atoms with Gasteiger partial charge in [0.05, 0.1) is 43.8 Å². The van der Waals surface area contributed by atoms with Crippen molar-refractivity contribution in [1.29, 1.82) is 0 Å². The summed E-state index contributed by atoms with van der Waals surface area (Å²) >= 11 is 6.39. The smallest absolute Gasteiger partial charge is 0.292 e. The summed E-state index contributed by atoms with van der Waals surface area (Å²) in [5.41, 5.74) is 1.01. The molecule has 3 rings (SSSR count). The first-order valence-electron chi connectivity index (χ1n) is 9.70. The van der Waals surface area contributed by atoms with Gasteiger partial charge in [0.15, 0.2) is 6.54 Å². The van der Waals surface area contributed by atoms with E-state index < -0.39 is 0 Å². The van der Waals surface area contributed by atoms with Gasteiger partial charge in [0.1, 0.15) is 5.02 Å². The van der Waals surface area contributed by atoms with Gasteiger partial charge in [-0.2, -0.15) is 9.78 Å². The number of carbonyl (C=O) groups is 1. The first-order chi connectivity index (χ1) is 13.5. The molecule has 28 heavy (non-hydrogen) atoms. The molecule has 1 aromatic heterocycles. The van der Waals surface area contributed by atoms with E-state index in [1.165, 1.54) is 9.58 Å². The zero-order valence-electron chi connectivity index (χ0n) is 16.3. The number of quaternary nitrogens is 1. The lowest BCUT2D eigenvalue weighted by atomic mass is 10.2. The molecule has 1 aromatic carbocycles. The lowest BCUT2D eigenvalue weighted by Gasteiger charge is -2.33. The third kappa shape index (κ3) is 4.72. The van der Waals surface area contributed by atoms with Crippen LogP contribution in [0.25, 0.3) is 5.69 Å². The highest BCUT2D eigenvalue weighted by Gasteiger charge is 2.25. The molecule has 1 aliphatic heterocycles. The summed E-state index contributed by atoms with van der Waals surface area (Å²) in [4.78, 5) is 28.0. The van der Waals surface area contributed by atoms with Gasteiger partial charge in [-0.25, -0.2) is 0 Å². The number of anilines is 1. The van der Waals surface area contributed by atoms with Crippen molar-refractivity contribution in [2.24, 2.45) is 0 Å². The monoisotopic (exact) mass is 404 g/mol. The quantitative estimate of drug-likeness (QED) is 0.735. The zero-order valence-corrected chi connectivity index (χ0v) is 17.1. The fourth-order valence-electron chi connectivity index (χ4n) is 3.29. The first-order valence-corrected chi connectivity index (χ1v) is 10.1. The number of benzene rings is 1. The third-order valence-electron chi connectivity index (χ3n) is 5.14. The molecule has 0 aliphatic carbocycles. The maximum atomic E-state index is 12.7. The zero-order chi connectivity index (χ0) is 20.1. The standard InChI is InChI=1S/C20H26ClN5O2/c1-3-15(2)23-18(27)14-24-9-11-25(12-10-24)17-13-22-26(20(28)19(17)21)16-7-5-4-6-8-16/h4-8,13,15H,3,9-12,14H2,1-2H3,(H,23,27)/p+1/t15-/m0/s1. The lowest BCUT2D eigenvalue weighted by Crippen LogP contribution is -3.16. The molecular formula is C20H27ClN5O2+. The van der Waals surface area contributed by atoms with Crippen LogP contribution in [-0.4, -0.2) is 54.5 Å². The van der Waals surface area contributed by atoms with E-state index in [2.05, 4.69) is 22.2 Å². The van der Waals surface area contributed by atoms with Crippen LogP contribution >= 0.6 is 11.6 Å². The second-order valence-corrected chi connectivity index (χ2v) is 7.56. The summed E-state index contributed by atoms with van der Waals surface area (Å²) in [6.45, 7) is 7.61. The molecule has 1 aliphatic rings. The molecule has 2 heterocycles. The van der Waals surface area contributed by atoms with Crippen LogP contribution in [0.1, 0.15) is 20.3 Å². The number of hydrogen-bond acceptors (Lipinski definition) is 4. The molecule has 0 unspecified atom stereocenters. The fraction of sp³-hybridized carbons (Fsp3) is 0.450. The molecule has 1 amide bonds. The number of aromatic nitrogens is 2. The Bertz CT molecular complexity index is 863. The number of hydrogen-bond donors (Lipinski definition) is 2. The maximum Gasteiger partial charge on any atom is 0.292 e. The van der Waals surface area contributed by atoms with Gasteiger partial charge < -0.3 is 15.1 Å². The number of carbonyl (C=O) groups excluding carboxylic acids is 1. The Balaban J connectivity index is 1.64. The SMILES string of the molecule is CC[C@H](C)NC(=O)C[NH+]1CCN(c2cnn(-c3ccccc3)c(=O)c2Cl)CC1. The topological polar surface area (TPSA) is 71.7 Å². The van der Waals surface area contributed by atoms with Crippen LogP contribution in [0.4, 0.5) is 5.69 Å². The van der Waals surface area contributed by atoms with Gasteiger partial charge in [-0.15, -0.1) is 0 Å². The van der Waals surface area contributed by atoms with Crippen molar-refractivity contribution < 1.29 is 9.69 Å². The number of halogens is 1. The summed E-state index contributed by atoms with van der Waals surface area (Å²) in [7, 11) is 0. The summed E-state index contributed by atoms with van der Waals surface area (Å²) in [5.74, 6) is 0.0861. The predicted molar refractivity (Wildman–Crippen MR) is 111 cm³/mol. The molecule has 2 aromatic rings. The largest absolute Gasteiger partial charge is 0.358 e. The van der Waals surface area contributed by atoms with Gasteiger partial charge in [0, 0.05) is 6.04 Å². The molecule has 1 saturated heterocycles. The van der Waals surface area contributed by atoms with Crippen LogP contribution in [0, 0.1) is 0 Å². The highest BCUT2D eigenvalue weighted by molar-refractivity contribution is 6.33. The van der Waals surface area contributed by atoms with E-state index in [0.717, 1.165) is 32.6 Å². The normalized spacial score (nSPS) is 16.0. The van der Waals surface area contributed by atoms with Gasteiger partial charge in [-0.05, 0) is 25.5 Å². The number of amides is 1. The van der Waals surface area contributed by atoms with E-state index in [1.54, 1.807) is 6.20 Å². The van der Waals surface area contributed by atoms with E-state index in [0.29, 0.717) is 17.9 Å². The molecule has 0 spiro atoms. The molecule has 2 N–H and O–H groups in total. The number of piperazine rings is 1. The second-order valence-electron chi connectivity index (χ2n) is 7.19. The Morgan fingerprint density at radius 1 is 1.29 bits per heavy atom. The van der Waals surface area contributed by atoms with E-state index >= 15 is 0 Å². The number of para-hydroxylation sites is 1. The Labute approximate surface area is 169 Å². The summed E-state index contributed by atoms with van der Waals surface area (Å²) in [6, 6.07) is 9.42. The highest BCUT2D eigenvalue weighted by Crippen LogP contribution is 2.21. The maximum absolute atomic E-state index is 12.7. The van der Waals surface area contributed by atoms with Gasteiger partial charge >= 0.3 is 0 Å². The number of nitrogens with zero attached hydrogens (tertiary/aromatic N) is 3. The number of rotatable bonds is 6. The van der Waals surface area contributed by atoms with E-state index in [1.807, 2.05) is 37.3 Å². The average molecular weight is 405 g/mol. The van der Waals surface area contributed by atoms with E-state index in [4.69, 9.17) is 11.6 Å². The third-order valence-corrected chi connectivity index (χ3v) is 5.50. The summed E-state index contributed by atoms with van der Waals surface area (Å²) < 4.78 is 1.31. The van der Waals surface area contributed by atoms with Crippen molar-refractivity contribution in [3.8, 4) is 5.69 Å². The Morgan fingerprint density at radius 2 is 1.96 bits per heavy atom. The Hall–Kier alpha value is -2.38. The minimum absolute atomic E-state index is 0.0861. The van der Waals surface area contributed by atoms with Crippen molar-refractivity contribution in [2.75, 3.05) is 37.6 Å². The van der Waals surface area contributed by atoms with Gasteiger partial charge in [-0.3, -0.25) is 9.59 Å². The summed E-state index contributed by atoms with van der Waals surface area (Å²) in [5, 5.41) is 7.49. The molecular weight excluding hydrogens is 378 g/mol. The minimum atomic E-state index is -0.326. The molecule has 0 bridgehead atoms. The molecule has 7 nitrogen and oxygen atoms in total. The Morgan fingerprint density at radius 3 is 2.61 bits per heavy atom. The van der Waals surface area contributed by atoms with E-state index in [-0.39, 0.29) is 22.5 Å². The van der Waals surface area contributed by atoms with Crippen molar-refractivity contribution >= 4 is 23.2 Å².